The number of benzene rings is 1. The summed E-state index contributed by atoms with van der Waals surface area (Å²) in [6.45, 7) is 4.74. The fraction of sp³-hybridized carbons (Fsp3) is 0.500. The number of carbonyl (C=O) groups is 1. The molecule has 1 aromatic rings. The first-order valence-corrected chi connectivity index (χ1v) is 8.10. The quantitative estimate of drug-likeness (QED) is 0.839. The van der Waals surface area contributed by atoms with E-state index < -0.39 is 0 Å². The molecule has 3 nitrogen and oxygen atoms in total. The van der Waals surface area contributed by atoms with Gasteiger partial charge in [-0.3, -0.25) is 4.79 Å². The molecule has 0 spiro atoms. The second kappa shape index (κ2) is 6.44. The molecular weight excluding hydrogens is 260 g/mol. The average Bonchev–Trinajstić information content (AvgIpc) is 3.33. The molecule has 1 aliphatic heterocycles. The second-order valence-corrected chi connectivity index (χ2v) is 6.42. The highest BCUT2D eigenvalue weighted by Gasteiger charge is 2.29. The van der Waals surface area contributed by atoms with E-state index in [0.717, 1.165) is 25.4 Å². The van der Waals surface area contributed by atoms with Crippen molar-refractivity contribution in [3.8, 4) is 0 Å². The topological polar surface area (TPSA) is 33.5 Å². The summed E-state index contributed by atoms with van der Waals surface area (Å²) in [7, 11) is 0. The van der Waals surface area contributed by atoms with Gasteiger partial charge >= 0.3 is 0 Å². The first-order valence-electron chi connectivity index (χ1n) is 8.10. The number of amides is 1. The largest absolute Gasteiger partial charge is 0.348 e. The van der Waals surface area contributed by atoms with Gasteiger partial charge in [0.25, 0.3) is 5.91 Å². The Labute approximate surface area is 127 Å². The predicted octanol–water partition coefficient (Wildman–Crippen LogP) is 1.27. The van der Waals surface area contributed by atoms with Gasteiger partial charge in [-0.15, -0.1) is 0 Å². The van der Waals surface area contributed by atoms with E-state index in [-0.39, 0.29) is 5.91 Å². The molecular formula is C18H25N2O+. The maximum absolute atomic E-state index is 12.1. The van der Waals surface area contributed by atoms with Crippen molar-refractivity contribution in [3.63, 3.8) is 0 Å². The van der Waals surface area contributed by atoms with Crippen molar-refractivity contribution in [2.45, 2.75) is 32.2 Å². The van der Waals surface area contributed by atoms with E-state index in [1.54, 1.807) is 0 Å². The van der Waals surface area contributed by atoms with Crippen LogP contribution in [0.2, 0.25) is 0 Å². The molecule has 1 unspecified atom stereocenters. The molecule has 2 N–H and O–H groups in total. The molecule has 1 heterocycles. The average molecular weight is 285 g/mol. The zero-order valence-electron chi connectivity index (χ0n) is 12.8. The van der Waals surface area contributed by atoms with Gasteiger partial charge in [0, 0.05) is 12.5 Å². The Morgan fingerprint density at radius 3 is 2.71 bits per heavy atom. The fourth-order valence-electron chi connectivity index (χ4n) is 3.10. The van der Waals surface area contributed by atoms with E-state index in [1.807, 2.05) is 0 Å². The van der Waals surface area contributed by atoms with Crippen molar-refractivity contribution in [3.05, 3.63) is 42.0 Å². The van der Waals surface area contributed by atoms with E-state index in [1.165, 1.54) is 28.9 Å². The van der Waals surface area contributed by atoms with E-state index in [0.29, 0.717) is 12.6 Å². The summed E-state index contributed by atoms with van der Waals surface area (Å²) in [5, 5.41) is 3.15. The van der Waals surface area contributed by atoms with E-state index in [9.17, 15) is 4.79 Å². The molecule has 3 heteroatoms. The molecule has 21 heavy (non-hydrogen) atoms. The van der Waals surface area contributed by atoms with Crippen LogP contribution in [0.5, 0.6) is 0 Å². The molecule has 1 fully saturated rings. The molecule has 0 aromatic heterocycles. The summed E-state index contributed by atoms with van der Waals surface area (Å²) in [6.07, 6.45) is 5.92. The van der Waals surface area contributed by atoms with Crippen molar-refractivity contribution in [2.24, 2.45) is 5.92 Å². The number of quaternary nitrogens is 1. The number of hydrogen-bond donors (Lipinski definition) is 2. The Kier molecular flexibility index (Phi) is 4.39. The van der Waals surface area contributed by atoms with Crippen molar-refractivity contribution in [2.75, 3.05) is 19.6 Å². The first kappa shape index (κ1) is 14.3. The maximum Gasteiger partial charge on any atom is 0.275 e. The van der Waals surface area contributed by atoms with Crippen molar-refractivity contribution >= 4 is 11.5 Å². The highest BCUT2D eigenvalue weighted by atomic mass is 16.2. The third kappa shape index (κ3) is 3.94. The van der Waals surface area contributed by atoms with Crippen LogP contribution in [0.15, 0.2) is 36.4 Å². The monoisotopic (exact) mass is 285 g/mol. The van der Waals surface area contributed by atoms with Gasteiger partial charge in [-0.1, -0.05) is 30.3 Å². The lowest BCUT2D eigenvalue weighted by Gasteiger charge is -2.24. The van der Waals surface area contributed by atoms with Crippen LogP contribution in [-0.2, 0) is 4.79 Å². The van der Waals surface area contributed by atoms with Gasteiger partial charge in [-0.2, -0.15) is 0 Å². The summed E-state index contributed by atoms with van der Waals surface area (Å²) in [5.41, 5.74) is 2.74. The lowest BCUT2D eigenvalue weighted by Crippen LogP contribution is -3.13. The predicted molar refractivity (Wildman–Crippen MR) is 84.9 cm³/mol. The van der Waals surface area contributed by atoms with Gasteiger partial charge in [-0.05, 0) is 42.9 Å². The number of hydrogen-bond acceptors (Lipinski definition) is 1. The highest BCUT2D eigenvalue weighted by molar-refractivity contribution is 5.77. The molecule has 1 saturated carbocycles. The Bertz CT molecular complexity index is 519. The molecule has 2 atom stereocenters. The molecule has 112 valence electrons. The van der Waals surface area contributed by atoms with Gasteiger partial charge in [0.15, 0.2) is 6.54 Å². The van der Waals surface area contributed by atoms with Gasteiger partial charge in [-0.25, -0.2) is 0 Å². The Balaban J connectivity index is 1.48. The minimum Gasteiger partial charge on any atom is -0.348 e. The second-order valence-electron chi connectivity index (χ2n) is 6.42. The van der Waals surface area contributed by atoms with Crippen molar-refractivity contribution in [1.29, 1.82) is 0 Å². The molecule has 1 amide bonds. The van der Waals surface area contributed by atoms with Crippen LogP contribution in [0, 0.1) is 5.92 Å². The molecule has 2 aliphatic rings. The van der Waals surface area contributed by atoms with Gasteiger partial charge in [0.2, 0.25) is 0 Å². The van der Waals surface area contributed by atoms with Gasteiger partial charge in [0.05, 0.1) is 13.1 Å². The minimum atomic E-state index is 0.209. The number of nitrogens with one attached hydrogen (secondary N) is 2. The third-order valence-corrected chi connectivity index (χ3v) is 4.66. The molecule has 1 aromatic carbocycles. The van der Waals surface area contributed by atoms with Crippen LogP contribution in [0.1, 0.15) is 31.7 Å². The van der Waals surface area contributed by atoms with Crippen LogP contribution in [0.3, 0.4) is 0 Å². The summed E-state index contributed by atoms with van der Waals surface area (Å²) in [6, 6.07) is 10.9. The molecule has 0 radical (unpaired) electrons. The lowest BCUT2D eigenvalue weighted by atomic mass is 10.00. The van der Waals surface area contributed by atoms with E-state index >= 15 is 0 Å². The van der Waals surface area contributed by atoms with Crippen LogP contribution in [0.25, 0.3) is 5.57 Å². The summed E-state index contributed by atoms with van der Waals surface area (Å²) >= 11 is 0. The van der Waals surface area contributed by atoms with E-state index in [2.05, 4.69) is 48.6 Å². The van der Waals surface area contributed by atoms with E-state index in [4.69, 9.17) is 0 Å². The summed E-state index contributed by atoms with van der Waals surface area (Å²) in [5.74, 6) is 0.941. The van der Waals surface area contributed by atoms with Crippen molar-refractivity contribution in [1.82, 2.24) is 5.32 Å². The van der Waals surface area contributed by atoms with Crippen LogP contribution in [0.4, 0.5) is 0 Å². The lowest BCUT2D eigenvalue weighted by molar-refractivity contribution is -0.886. The maximum atomic E-state index is 12.1. The normalized spacial score (nSPS) is 23.3. The van der Waals surface area contributed by atoms with Gasteiger partial charge in [0.1, 0.15) is 0 Å². The molecule has 1 aliphatic carbocycles. The van der Waals surface area contributed by atoms with Crippen LogP contribution < -0.4 is 10.2 Å². The molecule has 0 bridgehead atoms. The zero-order chi connectivity index (χ0) is 14.7. The zero-order valence-corrected chi connectivity index (χ0v) is 12.8. The number of carbonyl (C=O) groups excluding carboxylic acids is 1. The molecule has 0 saturated heterocycles. The van der Waals surface area contributed by atoms with Gasteiger partial charge < -0.3 is 10.2 Å². The highest BCUT2D eigenvalue weighted by Crippen LogP contribution is 2.32. The standard InChI is InChI=1S/C18H24N2O/c1-14(15-7-8-15)19-18(21)13-20-11-9-17(10-12-20)16-5-3-2-4-6-16/h2-6,9,14-15H,7-8,10-13H2,1H3,(H,19,21)/p+1/t14-/m1/s1. The van der Waals surface area contributed by atoms with Crippen LogP contribution in [-0.4, -0.2) is 31.6 Å². The van der Waals surface area contributed by atoms with Crippen molar-refractivity contribution < 1.29 is 9.69 Å². The minimum absolute atomic E-state index is 0.209. The SMILES string of the molecule is C[C@@H](NC(=O)C[NH+]1CC=C(c2ccccc2)CC1)C1CC1. The first-order chi connectivity index (χ1) is 10.2. The Morgan fingerprint density at radius 2 is 2.10 bits per heavy atom. The fourth-order valence-corrected chi connectivity index (χ4v) is 3.10. The summed E-state index contributed by atoms with van der Waals surface area (Å²) < 4.78 is 0. The number of rotatable bonds is 5. The Hall–Kier alpha value is -1.61. The molecule has 3 rings (SSSR count). The smallest absolute Gasteiger partial charge is 0.275 e. The third-order valence-electron chi connectivity index (χ3n) is 4.66. The summed E-state index contributed by atoms with van der Waals surface area (Å²) in [4.78, 5) is 13.4. The Morgan fingerprint density at radius 1 is 1.33 bits per heavy atom. The van der Waals surface area contributed by atoms with Crippen LogP contribution >= 0.6 is 0 Å².